The second-order valence-corrected chi connectivity index (χ2v) is 9.26. The van der Waals surface area contributed by atoms with Crippen LogP contribution < -0.4 is 10.6 Å². The van der Waals surface area contributed by atoms with E-state index in [2.05, 4.69) is 15.6 Å². The Morgan fingerprint density at radius 3 is 2.38 bits per heavy atom. The first-order valence-corrected chi connectivity index (χ1v) is 10.2. The van der Waals surface area contributed by atoms with Crippen LogP contribution in [-0.2, 0) is 4.79 Å². The molecule has 0 aliphatic heterocycles. The molecule has 1 atom stereocenters. The monoisotopic (exact) mass is 427 g/mol. The number of halogens is 2. The molecule has 0 spiro atoms. The normalized spacial score (nSPS) is 27.3. The largest absolute Gasteiger partial charge is 0.481 e. The zero-order valence-electron chi connectivity index (χ0n) is 16.6. The van der Waals surface area contributed by atoms with Gasteiger partial charge in [-0.25, -0.2) is 9.37 Å². The molecule has 7 nitrogen and oxygen atoms in total. The molecule has 3 aliphatic carbocycles. The van der Waals surface area contributed by atoms with Gasteiger partial charge < -0.3 is 20.8 Å². The van der Waals surface area contributed by atoms with E-state index < -0.39 is 29.1 Å². The number of aliphatic carboxylic acids is 1. The number of amides is 1. The number of fused-ring (bicyclic) bond motifs is 3. The molecule has 1 aromatic rings. The molecule has 1 heterocycles. The van der Waals surface area contributed by atoms with Crippen molar-refractivity contribution in [3.05, 3.63) is 23.0 Å². The minimum atomic E-state index is -1.62. The maximum absolute atomic E-state index is 14.0. The summed E-state index contributed by atoms with van der Waals surface area (Å²) in [6, 6.07) is 1.56. The fourth-order valence-electron chi connectivity index (χ4n) is 4.22. The zero-order chi connectivity index (χ0) is 21.4. The van der Waals surface area contributed by atoms with Gasteiger partial charge in [0.2, 0.25) is 0 Å². The summed E-state index contributed by atoms with van der Waals surface area (Å²) in [6.45, 7) is 2.34. The lowest BCUT2D eigenvalue weighted by molar-refractivity contribution is -0.155. The van der Waals surface area contributed by atoms with Crippen LogP contribution in [0.2, 0.25) is 5.15 Å². The van der Waals surface area contributed by atoms with E-state index in [1.54, 1.807) is 6.07 Å². The van der Waals surface area contributed by atoms with E-state index in [0.717, 1.165) is 0 Å². The Hall–Kier alpha value is -1.93. The third-order valence-corrected chi connectivity index (χ3v) is 6.63. The fraction of sp³-hybridized carbons (Fsp3) is 0.650. The predicted octanol–water partition coefficient (Wildman–Crippen LogP) is 3.16. The zero-order valence-corrected chi connectivity index (χ0v) is 17.4. The van der Waals surface area contributed by atoms with Crippen LogP contribution in [0.3, 0.4) is 0 Å². The molecule has 4 rings (SSSR count). The van der Waals surface area contributed by atoms with Gasteiger partial charge in [-0.05, 0) is 58.4 Å². The Morgan fingerprint density at radius 1 is 1.28 bits per heavy atom. The lowest BCUT2D eigenvalue weighted by atomic mass is 9.57. The summed E-state index contributed by atoms with van der Waals surface area (Å²) in [6.07, 6.45) is 3.53. The number of nitrogens with one attached hydrogen (secondary N) is 2. The van der Waals surface area contributed by atoms with E-state index in [1.165, 1.54) is 20.0 Å². The molecule has 3 saturated carbocycles. The van der Waals surface area contributed by atoms with E-state index in [0.29, 0.717) is 44.2 Å². The van der Waals surface area contributed by atoms with Crippen molar-refractivity contribution in [2.45, 2.75) is 69.7 Å². The van der Waals surface area contributed by atoms with Gasteiger partial charge in [-0.1, -0.05) is 11.6 Å². The Morgan fingerprint density at radius 2 is 1.86 bits per heavy atom. The lowest BCUT2D eigenvalue weighted by Gasteiger charge is -2.52. The Kier molecular flexibility index (Phi) is 5.80. The summed E-state index contributed by atoms with van der Waals surface area (Å²) in [5.74, 6) is -1.25. The van der Waals surface area contributed by atoms with Crippen molar-refractivity contribution in [3.63, 3.8) is 0 Å². The van der Waals surface area contributed by atoms with Gasteiger partial charge in [0.15, 0.2) is 0 Å². The van der Waals surface area contributed by atoms with Crippen LogP contribution in [0, 0.1) is 5.41 Å². The number of hydrogen-bond donors (Lipinski definition) is 4. The molecule has 0 saturated heterocycles. The average Bonchev–Trinajstić information content (AvgIpc) is 2.66. The minimum Gasteiger partial charge on any atom is -0.481 e. The SMILES string of the molecule is CC(C)(O)[C@@H](F)CNC(=O)c1cnc(Cl)cc1NC12CCC(C(=O)O)(CC1)CC2. The summed E-state index contributed by atoms with van der Waals surface area (Å²) in [4.78, 5) is 28.2. The van der Waals surface area contributed by atoms with Gasteiger partial charge >= 0.3 is 5.97 Å². The second kappa shape index (κ2) is 7.72. The van der Waals surface area contributed by atoms with Gasteiger partial charge in [-0.3, -0.25) is 9.59 Å². The number of aliphatic hydroxyl groups is 1. The fourth-order valence-corrected chi connectivity index (χ4v) is 4.38. The molecule has 3 aliphatic rings. The first-order chi connectivity index (χ1) is 13.5. The Bertz CT molecular complexity index is 787. The van der Waals surface area contributed by atoms with Crippen molar-refractivity contribution < 1.29 is 24.2 Å². The maximum atomic E-state index is 14.0. The standard InChI is InChI=1S/C20H27ClFN3O4/c1-18(2,29)14(22)11-24-16(26)12-10-23-15(21)9-13(12)25-20-6-3-19(4-7-20,5-8-20)17(27)28/h9-10,14,29H,3-8,11H2,1-2H3,(H,23,25)(H,24,26)(H,27,28)/t14-,19?,20?/m0/s1. The molecule has 9 heteroatoms. The van der Waals surface area contributed by atoms with Crippen molar-refractivity contribution in [2.75, 3.05) is 11.9 Å². The smallest absolute Gasteiger partial charge is 0.309 e. The van der Waals surface area contributed by atoms with Gasteiger partial charge in [0, 0.05) is 11.7 Å². The van der Waals surface area contributed by atoms with Gasteiger partial charge in [0.05, 0.1) is 28.8 Å². The van der Waals surface area contributed by atoms with Gasteiger partial charge in [0.1, 0.15) is 11.3 Å². The number of hydrogen-bond acceptors (Lipinski definition) is 5. The van der Waals surface area contributed by atoms with Gasteiger partial charge in [0.25, 0.3) is 5.91 Å². The molecule has 0 aromatic carbocycles. The van der Waals surface area contributed by atoms with Crippen LogP contribution in [-0.4, -0.2) is 50.9 Å². The molecule has 2 bridgehead atoms. The number of carboxylic acid groups (broad SMARTS) is 1. The average molecular weight is 428 g/mol. The van der Waals surface area contributed by atoms with E-state index in [-0.39, 0.29) is 22.8 Å². The Balaban J connectivity index is 1.75. The summed E-state index contributed by atoms with van der Waals surface area (Å²) < 4.78 is 14.0. The van der Waals surface area contributed by atoms with Crippen molar-refractivity contribution in [1.29, 1.82) is 0 Å². The molecular weight excluding hydrogens is 401 g/mol. The molecule has 1 aromatic heterocycles. The van der Waals surface area contributed by atoms with Crippen LogP contribution in [0.4, 0.5) is 10.1 Å². The van der Waals surface area contributed by atoms with E-state index in [9.17, 15) is 24.2 Å². The lowest BCUT2D eigenvalue weighted by Crippen LogP contribution is -2.53. The van der Waals surface area contributed by atoms with Crippen LogP contribution >= 0.6 is 11.6 Å². The molecular formula is C20H27ClFN3O4. The van der Waals surface area contributed by atoms with Crippen molar-refractivity contribution >= 4 is 29.2 Å². The molecule has 4 N–H and O–H groups in total. The van der Waals surface area contributed by atoms with Crippen LogP contribution in [0.15, 0.2) is 12.3 Å². The summed E-state index contributed by atoms with van der Waals surface area (Å²) in [5.41, 5.74) is -1.77. The van der Waals surface area contributed by atoms with Crippen molar-refractivity contribution in [3.8, 4) is 0 Å². The third kappa shape index (κ3) is 4.48. The number of anilines is 1. The van der Waals surface area contributed by atoms with E-state index in [4.69, 9.17) is 11.6 Å². The first-order valence-electron chi connectivity index (χ1n) is 9.78. The van der Waals surface area contributed by atoms with Crippen LogP contribution in [0.1, 0.15) is 62.7 Å². The number of nitrogens with zero attached hydrogens (tertiary/aromatic N) is 1. The highest BCUT2D eigenvalue weighted by molar-refractivity contribution is 6.29. The Labute approximate surface area is 174 Å². The van der Waals surface area contributed by atoms with E-state index >= 15 is 0 Å². The molecule has 0 unspecified atom stereocenters. The number of carboxylic acids is 1. The van der Waals surface area contributed by atoms with Gasteiger partial charge in [-0.2, -0.15) is 0 Å². The topological polar surface area (TPSA) is 112 Å². The van der Waals surface area contributed by atoms with Crippen molar-refractivity contribution in [2.24, 2.45) is 5.41 Å². The van der Waals surface area contributed by atoms with Crippen molar-refractivity contribution in [1.82, 2.24) is 10.3 Å². The summed E-state index contributed by atoms with van der Waals surface area (Å²) in [5, 5.41) is 25.4. The number of rotatable bonds is 7. The number of pyridine rings is 1. The maximum Gasteiger partial charge on any atom is 0.309 e. The minimum absolute atomic E-state index is 0.215. The second-order valence-electron chi connectivity index (χ2n) is 8.87. The van der Waals surface area contributed by atoms with Crippen LogP contribution in [0.5, 0.6) is 0 Å². The highest BCUT2D eigenvalue weighted by Gasteiger charge is 2.52. The predicted molar refractivity (Wildman–Crippen MR) is 107 cm³/mol. The quantitative estimate of drug-likeness (QED) is 0.497. The number of carbonyl (C=O) groups excluding carboxylic acids is 1. The number of carbonyl (C=O) groups is 2. The van der Waals surface area contributed by atoms with Gasteiger partial charge in [-0.15, -0.1) is 0 Å². The van der Waals surface area contributed by atoms with E-state index in [1.807, 2.05) is 0 Å². The number of alkyl halides is 1. The molecule has 3 fully saturated rings. The summed E-state index contributed by atoms with van der Waals surface area (Å²) >= 11 is 6.04. The molecule has 1 amide bonds. The molecule has 29 heavy (non-hydrogen) atoms. The van der Waals surface area contributed by atoms with Crippen LogP contribution in [0.25, 0.3) is 0 Å². The first kappa shape index (κ1) is 21.8. The third-order valence-electron chi connectivity index (χ3n) is 6.42. The summed E-state index contributed by atoms with van der Waals surface area (Å²) in [7, 11) is 0. The molecule has 160 valence electrons. The highest BCUT2D eigenvalue weighted by atomic mass is 35.5. The highest BCUT2D eigenvalue weighted by Crippen LogP contribution is 2.53. The number of aromatic nitrogens is 1. The molecule has 0 radical (unpaired) electrons.